The molecule has 0 aliphatic carbocycles. The second-order valence-corrected chi connectivity index (χ2v) is 6.93. The molecule has 2 N–H and O–H groups in total. The molecule has 0 radical (unpaired) electrons. The molecule has 1 unspecified atom stereocenters. The molecule has 0 bridgehead atoms. The molecule has 0 saturated carbocycles. The highest BCUT2D eigenvalue weighted by Crippen LogP contribution is 2.33. The van der Waals surface area contributed by atoms with Crippen molar-refractivity contribution < 1.29 is 8.42 Å². The van der Waals surface area contributed by atoms with Crippen LogP contribution in [0.3, 0.4) is 0 Å². The van der Waals surface area contributed by atoms with Gasteiger partial charge in [0.1, 0.15) is 0 Å². The number of hydrogen-bond donors (Lipinski definition) is 1. The highest BCUT2D eigenvalue weighted by Gasteiger charge is 2.26. The number of halogens is 1. The average molecular weight is 296 g/mol. The standard InChI is InChI=1S/C14H14ClNO2S/c1-10(11-5-3-2-4-6-11)19(17,18)14-8-7-12(16)9-13(14)15/h2-10H,16H2,1H3. The Hall–Kier alpha value is -1.52. The molecule has 19 heavy (non-hydrogen) atoms. The maximum Gasteiger partial charge on any atom is 0.186 e. The lowest BCUT2D eigenvalue weighted by Gasteiger charge is -2.14. The summed E-state index contributed by atoms with van der Waals surface area (Å²) < 4.78 is 25.1. The summed E-state index contributed by atoms with van der Waals surface area (Å²) in [6, 6.07) is 13.5. The van der Waals surface area contributed by atoms with E-state index in [-0.39, 0.29) is 9.92 Å². The van der Waals surface area contributed by atoms with Gasteiger partial charge in [0.2, 0.25) is 0 Å². The average Bonchev–Trinajstić information content (AvgIpc) is 2.38. The van der Waals surface area contributed by atoms with E-state index in [0.717, 1.165) is 5.56 Å². The third-order valence-electron chi connectivity index (χ3n) is 3.00. The first-order valence-electron chi connectivity index (χ1n) is 5.77. The molecule has 0 aliphatic heterocycles. The molecule has 2 aromatic rings. The zero-order valence-electron chi connectivity index (χ0n) is 10.4. The summed E-state index contributed by atoms with van der Waals surface area (Å²) in [5, 5.41) is -0.502. The first-order chi connectivity index (χ1) is 8.93. The van der Waals surface area contributed by atoms with Crippen molar-refractivity contribution >= 4 is 27.1 Å². The van der Waals surface area contributed by atoms with E-state index in [0.29, 0.717) is 5.69 Å². The second kappa shape index (κ2) is 5.23. The Labute approximate surface area is 117 Å². The maximum atomic E-state index is 12.5. The third kappa shape index (κ3) is 2.74. The summed E-state index contributed by atoms with van der Waals surface area (Å²) >= 11 is 5.99. The molecule has 100 valence electrons. The molecule has 0 saturated heterocycles. The molecule has 0 aromatic heterocycles. The zero-order chi connectivity index (χ0) is 14.0. The monoisotopic (exact) mass is 295 g/mol. The predicted molar refractivity (Wildman–Crippen MR) is 77.9 cm³/mol. The molecule has 3 nitrogen and oxygen atoms in total. The van der Waals surface area contributed by atoms with Crippen molar-refractivity contribution in [1.82, 2.24) is 0 Å². The quantitative estimate of drug-likeness (QED) is 0.882. The topological polar surface area (TPSA) is 60.2 Å². The first kappa shape index (κ1) is 13.9. The second-order valence-electron chi connectivity index (χ2n) is 4.29. The normalized spacial score (nSPS) is 13.2. The van der Waals surface area contributed by atoms with Crippen LogP contribution >= 0.6 is 11.6 Å². The van der Waals surface area contributed by atoms with E-state index in [1.54, 1.807) is 19.1 Å². The van der Waals surface area contributed by atoms with Crippen LogP contribution in [-0.2, 0) is 9.84 Å². The van der Waals surface area contributed by atoms with Crippen molar-refractivity contribution in [2.75, 3.05) is 5.73 Å². The number of benzene rings is 2. The summed E-state index contributed by atoms with van der Waals surface area (Å²) in [5.74, 6) is 0. The van der Waals surface area contributed by atoms with Crippen LogP contribution in [0.15, 0.2) is 53.4 Å². The zero-order valence-corrected chi connectivity index (χ0v) is 11.9. The lowest BCUT2D eigenvalue weighted by Crippen LogP contribution is -2.11. The first-order valence-corrected chi connectivity index (χ1v) is 7.69. The number of sulfone groups is 1. The van der Waals surface area contributed by atoms with Gasteiger partial charge in [-0.05, 0) is 30.7 Å². The number of hydrogen-bond acceptors (Lipinski definition) is 3. The van der Waals surface area contributed by atoms with Crippen LogP contribution in [0.2, 0.25) is 5.02 Å². The molecule has 0 aliphatic rings. The minimum Gasteiger partial charge on any atom is -0.399 e. The minimum absolute atomic E-state index is 0.111. The van der Waals surface area contributed by atoms with Gasteiger partial charge in [0.05, 0.1) is 15.2 Å². The van der Waals surface area contributed by atoms with Gasteiger partial charge >= 0.3 is 0 Å². The van der Waals surface area contributed by atoms with Crippen molar-refractivity contribution in [3.63, 3.8) is 0 Å². The van der Waals surface area contributed by atoms with Crippen LogP contribution in [-0.4, -0.2) is 8.42 Å². The molecular formula is C14H14ClNO2S. The molecule has 0 amide bonds. The van der Waals surface area contributed by atoms with E-state index in [2.05, 4.69) is 0 Å². The van der Waals surface area contributed by atoms with Crippen molar-refractivity contribution in [2.24, 2.45) is 0 Å². The summed E-state index contributed by atoms with van der Waals surface area (Å²) in [4.78, 5) is 0.111. The van der Waals surface area contributed by atoms with Crippen LogP contribution < -0.4 is 5.73 Å². The molecule has 1 atom stereocenters. The molecule has 5 heteroatoms. The van der Waals surface area contributed by atoms with Crippen LogP contribution in [0.25, 0.3) is 0 Å². The van der Waals surface area contributed by atoms with Crippen molar-refractivity contribution in [3.05, 3.63) is 59.1 Å². The van der Waals surface area contributed by atoms with E-state index in [1.807, 2.05) is 18.2 Å². The van der Waals surface area contributed by atoms with Gasteiger partial charge in [-0.1, -0.05) is 41.9 Å². The van der Waals surface area contributed by atoms with Crippen molar-refractivity contribution in [2.45, 2.75) is 17.1 Å². The molecular weight excluding hydrogens is 282 g/mol. The molecule has 2 rings (SSSR count). The van der Waals surface area contributed by atoms with Gasteiger partial charge in [-0.15, -0.1) is 0 Å². The Morgan fingerprint density at radius 3 is 2.32 bits per heavy atom. The summed E-state index contributed by atoms with van der Waals surface area (Å²) in [6.07, 6.45) is 0. The fourth-order valence-corrected chi connectivity index (χ4v) is 3.84. The lowest BCUT2D eigenvalue weighted by molar-refractivity contribution is 0.586. The number of nitrogen functional groups attached to an aromatic ring is 1. The molecule has 0 spiro atoms. The Balaban J connectivity index is 2.48. The number of anilines is 1. The number of rotatable bonds is 3. The highest BCUT2D eigenvalue weighted by atomic mass is 35.5. The van der Waals surface area contributed by atoms with Gasteiger partial charge in [-0.2, -0.15) is 0 Å². The fourth-order valence-electron chi connectivity index (χ4n) is 1.84. The summed E-state index contributed by atoms with van der Waals surface area (Å²) in [5.41, 5.74) is 6.75. The molecule has 0 fully saturated rings. The van der Waals surface area contributed by atoms with Gasteiger partial charge in [-0.3, -0.25) is 0 Å². The molecule has 0 heterocycles. The van der Waals surface area contributed by atoms with Gasteiger partial charge in [0.25, 0.3) is 0 Å². The van der Waals surface area contributed by atoms with Crippen LogP contribution in [0.4, 0.5) is 5.69 Å². The Morgan fingerprint density at radius 2 is 1.74 bits per heavy atom. The smallest absolute Gasteiger partial charge is 0.186 e. The van der Waals surface area contributed by atoms with Crippen molar-refractivity contribution in [1.29, 1.82) is 0 Å². The van der Waals surface area contributed by atoms with Gasteiger partial charge in [0, 0.05) is 5.69 Å². The SMILES string of the molecule is CC(c1ccccc1)S(=O)(=O)c1ccc(N)cc1Cl. The van der Waals surface area contributed by atoms with Crippen LogP contribution in [0.5, 0.6) is 0 Å². The third-order valence-corrected chi connectivity index (χ3v) is 5.59. The van der Waals surface area contributed by atoms with Gasteiger partial charge in [0.15, 0.2) is 9.84 Å². The van der Waals surface area contributed by atoms with E-state index in [9.17, 15) is 8.42 Å². The largest absolute Gasteiger partial charge is 0.399 e. The van der Waals surface area contributed by atoms with Crippen LogP contribution in [0.1, 0.15) is 17.7 Å². The van der Waals surface area contributed by atoms with Gasteiger partial charge < -0.3 is 5.73 Å². The van der Waals surface area contributed by atoms with E-state index >= 15 is 0 Å². The Bertz CT molecular complexity index is 684. The van der Waals surface area contributed by atoms with Crippen molar-refractivity contribution in [3.8, 4) is 0 Å². The fraction of sp³-hybridized carbons (Fsp3) is 0.143. The maximum absolute atomic E-state index is 12.5. The number of nitrogens with two attached hydrogens (primary N) is 1. The van der Waals surface area contributed by atoms with Crippen LogP contribution in [0, 0.1) is 0 Å². The predicted octanol–water partition coefficient (Wildman–Crippen LogP) is 3.46. The lowest BCUT2D eigenvalue weighted by atomic mass is 10.2. The minimum atomic E-state index is -3.53. The Morgan fingerprint density at radius 1 is 1.11 bits per heavy atom. The Kier molecular flexibility index (Phi) is 3.83. The summed E-state index contributed by atoms with van der Waals surface area (Å²) in [6.45, 7) is 1.65. The van der Waals surface area contributed by atoms with Gasteiger partial charge in [-0.25, -0.2) is 8.42 Å². The summed E-state index contributed by atoms with van der Waals surface area (Å²) in [7, 11) is -3.53. The van der Waals surface area contributed by atoms with E-state index in [4.69, 9.17) is 17.3 Å². The molecule has 2 aromatic carbocycles. The highest BCUT2D eigenvalue weighted by molar-refractivity contribution is 7.91. The van der Waals surface area contributed by atoms with E-state index < -0.39 is 15.1 Å². The van der Waals surface area contributed by atoms with E-state index in [1.165, 1.54) is 18.2 Å².